The van der Waals surface area contributed by atoms with E-state index in [1.807, 2.05) is 12.1 Å². The van der Waals surface area contributed by atoms with Crippen LogP contribution in [0.5, 0.6) is 0 Å². The fraction of sp³-hybridized carbons (Fsp3) is 0.250. The van der Waals surface area contributed by atoms with E-state index in [4.69, 9.17) is 4.42 Å². The van der Waals surface area contributed by atoms with Crippen LogP contribution in [0.25, 0.3) is 0 Å². The first-order chi connectivity index (χ1) is 4.93. The van der Waals surface area contributed by atoms with Gasteiger partial charge < -0.3 is 4.42 Å². The Morgan fingerprint density at radius 1 is 1.70 bits per heavy atom. The molecule has 0 aliphatic rings. The van der Waals surface area contributed by atoms with E-state index in [0.717, 1.165) is 5.76 Å². The molecule has 0 N–H and O–H groups in total. The summed E-state index contributed by atoms with van der Waals surface area (Å²) in [7, 11) is 0. The third kappa shape index (κ3) is 2.07. The maximum absolute atomic E-state index is 5.05. The molecule has 0 saturated heterocycles. The van der Waals surface area contributed by atoms with E-state index in [1.165, 1.54) is 0 Å². The zero-order valence-electron chi connectivity index (χ0n) is 5.79. The summed E-state index contributed by atoms with van der Waals surface area (Å²) in [5.74, 6) is 0.904. The van der Waals surface area contributed by atoms with Gasteiger partial charge in [-0.25, -0.2) is 5.32 Å². The monoisotopic (exact) mass is 136 g/mol. The molecule has 0 atom stereocenters. The highest BCUT2D eigenvalue weighted by atomic mass is 16.3. The summed E-state index contributed by atoms with van der Waals surface area (Å²) in [6.45, 7) is 4.90. The maximum atomic E-state index is 5.05. The van der Waals surface area contributed by atoms with Gasteiger partial charge in [-0.2, -0.15) is 0 Å². The van der Waals surface area contributed by atoms with Crippen LogP contribution >= 0.6 is 0 Å². The van der Waals surface area contributed by atoms with Gasteiger partial charge in [-0.3, -0.25) is 0 Å². The summed E-state index contributed by atoms with van der Waals surface area (Å²) in [5.41, 5.74) is 0. The predicted octanol–water partition coefficient (Wildman–Crippen LogP) is 1.57. The highest BCUT2D eigenvalue weighted by Gasteiger charge is 1.91. The van der Waals surface area contributed by atoms with Gasteiger partial charge in [-0.05, 0) is 12.1 Å². The van der Waals surface area contributed by atoms with Crippen molar-refractivity contribution in [2.75, 3.05) is 6.54 Å². The van der Waals surface area contributed by atoms with E-state index >= 15 is 0 Å². The molecule has 0 spiro atoms. The molecule has 0 aliphatic heterocycles. The molecule has 1 aromatic heterocycles. The number of hydrogen-bond donors (Lipinski definition) is 0. The molecule has 0 saturated carbocycles. The third-order valence-electron chi connectivity index (χ3n) is 1.11. The Hall–Kier alpha value is -1.02. The SMILES string of the molecule is C=CC[N]Cc1ccco1. The second kappa shape index (κ2) is 3.90. The van der Waals surface area contributed by atoms with Gasteiger partial charge >= 0.3 is 0 Å². The molecule has 0 aromatic carbocycles. The summed E-state index contributed by atoms with van der Waals surface area (Å²) in [5, 5.41) is 4.12. The number of hydrogen-bond acceptors (Lipinski definition) is 1. The lowest BCUT2D eigenvalue weighted by atomic mass is 10.4. The minimum absolute atomic E-state index is 0.652. The van der Waals surface area contributed by atoms with E-state index in [-0.39, 0.29) is 0 Å². The van der Waals surface area contributed by atoms with Crippen molar-refractivity contribution < 1.29 is 4.42 Å². The average Bonchev–Trinajstić information content (AvgIpc) is 2.41. The van der Waals surface area contributed by atoms with Crippen LogP contribution in [0, 0.1) is 0 Å². The lowest BCUT2D eigenvalue weighted by molar-refractivity contribution is 0.488. The molecule has 0 unspecified atom stereocenters. The minimum atomic E-state index is 0.652. The summed E-state index contributed by atoms with van der Waals surface area (Å²) in [6, 6.07) is 3.77. The molecule has 10 heavy (non-hydrogen) atoms. The smallest absolute Gasteiger partial charge is 0.119 e. The Balaban J connectivity index is 2.21. The van der Waals surface area contributed by atoms with Gasteiger partial charge in [0.05, 0.1) is 12.8 Å². The highest BCUT2D eigenvalue weighted by Crippen LogP contribution is 1.98. The van der Waals surface area contributed by atoms with Crippen molar-refractivity contribution in [2.45, 2.75) is 6.54 Å². The number of furan rings is 1. The molecule has 0 aliphatic carbocycles. The van der Waals surface area contributed by atoms with Crippen molar-refractivity contribution in [1.29, 1.82) is 0 Å². The Kier molecular flexibility index (Phi) is 2.77. The molecule has 53 valence electrons. The molecule has 1 aromatic rings. The van der Waals surface area contributed by atoms with Gasteiger partial charge in [0.2, 0.25) is 0 Å². The van der Waals surface area contributed by atoms with Crippen molar-refractivity contribution in [3.8, 4) is 0 Å². The Morgan fingerprint density at radius 3 is 3.20 bits per heavy atom. The number of rotatable bonds is 4. The van der Waals surface area contributed by atoms with Crippen molar-refractivity contribution in [3.63, 3.8) is 0 Å². The summed E-state index contributed by atoms with van der Waals surface area (Å²) >= 11 is 0. The van der Waals surface area contributed by atoms with Crippen LogP contribution in [0.3, 0.4) is 0 Å². The molecule has 1 radical (unpaired) electrons. The van der Waals surface area contributed by atoms with Crippen LogP contribution in [0.2, 0.25) is 0 Å². The Morgan fingerprint density at radius 2 is 2.60 bits per heavy atom. The molecule has 2 heteroatoms. The molecular weight excluding hydrogens is 126 g/mol. The van der Waals surface area contributed by atoms with E-state index in [9.17, 15) is 0 Å². The fourth-order valence-electron chi connectivity index (χ4n) is 0.669. The lowest BCUT2D eigenvalue weighted by Gasteiger charge is -1.92. The first-order valence-electron chi connectivity index (χ1n) is 3.20. The van der Waals surface area contributed by atoms with Crippen molar-refractivity contribution in [1.82, 2.24) is 5.32 Å². The summed E-state index contributed by atoms with van der Waals surface area (Å²) in [6.07, 6.45) is 3.42. The Bertz CT molecular complexity index is 179. The third-order valence-corrected chi connectivity index (χ3v) is 1.11. The standard InChI is InChI=1S/C8H10NO/c1-2-5-9-7-8-4-3-6-10-8/h2-4,6H,1,5,7H2. The second-order valence-electron chi connectivity index (χ2n) is 1.93. The largest absolute Gasteiger partial charge is 0.468 e. The van der Waals surface area contributed by atoms with E-state index < -0.39 is 0 Å². The van der Waals surface area contributed by atoms with E-state index in [0.29, 0.717) is 13.1 Å². The average molecular weight is 136 g/mol. The zero-order valence-corrected chi connectivity index (χ0v) is 5.79. The van der Waals surface area contributed by atoms with Crippen LogP contribution in [-0.2, 0) is 6.54 Å². The van der Waals surface area contributed by atoms with Gasteiger partial charge in [-0.1, -0.05) is 6.08 Å². The predicted molar refractivity (Wildman–Crippen MR) is 39.6 cm³/mol. The van der Waals surface area contributed by atoms with Crippen molar-refractivity contribution in [2.24, 2.45) is 0 Å². The Labute approximate surface area is 60.5 Å². The number of nitrogens with zero attached hydrogens (tertiary/aromatic N) is 1. The summed E-state index contributed by atoms with van der Waals surface area (Å²) in [4.78, 5) is 0. The van der Waals surface area contributed by atoms with Crippen molar-refractivity contribution in [3.05, 3.63) is 36.8 Å². The van der Waals surface area contributed by atoms with Gasteiger partial charge in [-0.15, -0.1) is 6.58 Å². The van der Waals surface area contributed by atoms with Crippen LogP contribution in [0.4, 0.5) is 0 Å². The first kappa shape index (κ1) is 7.09. The second-order valence-corrected chi connectivity index (χ2v) is 1.93. The fourth-order valence-corrected chi connectivity index (χ4v) is 0.669. The van der Waals surface area contributed by atoms with E-state index in [2.05, 4.69) is 11.9 Å². The van der Waals surface area contributed by atoms with Crippen LogP contribution < -0.4 is 5.32 Å². The lowest BCUT2D eigenvalue weighted by Crippen LogP contribution is -2.02. The topological polar surface area (TPSA) is 27.2 Å². The molecule has 0 fully saturated rings. The zero-order chi connectivity index (χ0) is 7.23. The van der Waals surface area contributed by atoms with Gasteiger partial charge in [0.15, 0.2) is 0 Å². The van der Waals surface area contributed by atoms with Crippen LogP contribution in [0.1, 0.15) is 5.76 Å². The normalized spacial score (nSPS) is 9.60. The molecule has 0 bridgehead atoms. The summed E-state index contributed by atoms with van der Waals surface area (Å²) < 4.78 is 5.05. The molecule has 1 heterocycles. The van der Waals surface area contributed by atoms with Gasteiger partial charge in [0, 0.05) is 6.54 Å². The van der Waals surface area contributed by atoms with Crippen LogP contribution in [0.15, 0.2) is 35.5 Å². The molecule has 0 amide bonds. The highest BCUT2D eigenvalue weighted by molar-refractivity contribution is 4.97. The van der Waals surface area contributed by atoms with Gasteiger partial charge in [0.25, 0.3) is 0 Å². The first-order valence-corrected chi connectivity index (χ1v) is 3.20. The van der Waals surface area contributed by atoms with Crippen molar-refractivity contribution >= 4 is 0 Å². The maximum Gasteiger partial charge on any atom is 0.119 e. The quantitative estimate of drug-likeness (QED) is 0.456. The molecule has 2 nitrogen and oxygen atoms in total. The molecular formula is C8H10NO. The van der Waals surface area contributed by atoms with E-state index in [1.54, 1.807) is 12.3 Å². The molecule has 1 rings (SSSR count). The van der Waals surface area contributed by atoms with Crippen LogP contribution in [-0.4, -0.2) is 6.54 Å². The van der Waals surface area contributed by atoms with Gasteiger partial charge in [0.1, 0.15) is 5.76 Å². The minimum Gasteiger partial charge on any atom is -0.468 e.